The van der Waals surface area contributed by atoms with Gasteiger partial charge in [0, 0.05) is 10.0 Å². The van der Waals surface area contributed by atoms with Crippen LogP contribution in [0.15, 0.2) is 28.7 Å². The number of rotatable bonds is 3. The summed E-state index contributed by atoms with van der Waals surface area (Å²) in [5.74, 6) is 0. The Kier molecular flexibility index (Phi) is 2.68. The lowest BCUT2D eigenvalue weighted by Gasteiger charge is -2.14. The van der Waals surface area contributed by atoms with Crippen molar-refractivity contribution in [2.45, 2.75) is 38.6 Å². The maximum absolute atomic E-state index is 6.29. The van der Waals surface area contributed by atoms with Crippen molar-refractivity contribution in [3.05, 3.63) is 34.3 Å². The highest BCUT2D eigenvalue weighted by Gasteiger charge is 2.57. The Hall–Kier alpha value is -0.340. The molecular weight excluding hydrogens is 250 g/mol. The Morgan fingerprint density at radius 2 is 1.80 bits per heavy atom. The first-order valence-corrected chi connectivity index (χ1v) is 6.26. The van der Waals surface area contributed by atoms with Crippen molar-refractivity contribution in [2.75, 3.05) is 0 Å². The fraction of sp³-hybridized carbons (Fsp3) is 0.538. The molecule has 0 aromatic heterocycles. The first-order valence-electron chi connectivity index (χ1n) is 5.46. The third-order valence-electron chi connectivity index (χ3n) is 3.75. The zero-order chi connectivity index (χ0) is 11.1. The number of nitrogens with two attached hydrogens (primary N) is 1. The molecular formula is C13H18BrN. The topological polar surface area (TPSA) is 26.0 Å². The fourth-order valence-corrected chi connectivity index (χ4v) is 2.45. The summed E-state index contributed by atoms with van der Waals surface area (Å²) in [5.41, 5.74) is 8.11. The van der Waals surface area contributed by atoms with Gasteiger partial charge in [0.15, 0.2) is 0 Å². The Morgan fingerprint density at radius 3 is 2.27 bits per heavy atom. The number of hydrogen-bond donors (Lipinski definition) is 1. The quantitative estimate of drug-likeness (QED) is 0.892. The molecule has 0 saturated heterocycles. The third-order valence-corrected chi connectivity index (χ3v) is 4.28. The van der Waals surface area contributed by atoms with Gasteiger partial charge in [-0.2, -0.15) is 0 Å². The number of aryl methyl sites for hydroxylation is 1. The minimum Gasteiger partial charge on any atom is -0.325 e. The summed E-state index contributed by atoms with van der Waals surface area (Å²) in [6, 6.07) is 8.53. The molecule has 0 amide bonds. The van der Waals surface area contributed by atoms with E-state index >= 15 is 0 Å². The van der Waals surface area contributed by atoms with E-state index in [0.717, 1.165) is 23.7 Å². The van der Waals surface area contributed by atoms with E-state index in [1.807, 2.05) is 0 Å². The Balaban J connectivity index is 1.92. The van der Waals surface area contributed by atoms with Gasteiger partial charge in [-0.3, -0.25) is 0 Å². The zero-order valence-corrected chi connectivity index (χ0v) is 11.0. The van der Waals surface area contributed by atoms with Crippen LogP contribution < -0.4 is 5.73 Å². The van der Waals surface area contributed by atoms with Crippen molar-refractivity contribution < 1.29 is 0 Å². The summed E-state index contributed by atoms with van der Waals surface area (Å²) < 4.78 is 1.14. The van der Waals surface area contributed by atoms with Crippen LogP contribution in [0, 0.1) is 5.41 Å². The van der Waals surface area contributed by atoms with Gasteiger partial charge in [-0.1, -0.05) is 41.9 Å². The molecule has 2 N–H and O–H groups in total. The van der Waals surface area contributed by atoms with Gasteiger partial charge < -0.3 is 5.73 Å². The summed E-state index contributed by atoms with van der Waals surface area (Å²) >= 11 is 3.44. The molecule has 0 aliphatic heterocycles. The number of hydrogen-bond acceptors (Lipinski definition) is 1. The predicted molar refractivity (Wildman–Crippen MR) is 67.8 cm³/mol. The molecule has 1 fully saturated rings. The van der Waals surface area contributed by atoms with Gasteiger partial charge in [-0.25, -0.2) is 0 Å². The molecule has 0 bridgehead atoms. The molecule has 0 heterocycles. The minimum atomic E-state index is 0.0834. The summed E-state index contributed by atoms with van der Waals surface area (Å²) in [4.78, 5) is 0. The zero-order valence-electron chi connectivity index (χ0n) is 9.39. The molecule has 1 aliphatic carbocycles. The van der Waals surface area contributed by atoms with Gasteiger partial charge in [0.25, 0.3) is 0 Å². The van der Waals surface area contributed by atoms with E-state index in [1.54, 1.807) is 0 Å². The van der Waals surface area contributed by atoms with Gasteiger partial charge >= 0.3 is 0 Å². The number of halogens is 1. The van der Waals surface area contributed by atoms with Crippen LogP contribution >= 0.6 is 15.9 Å². The molecule has 1 atom stereocenters. The van der Waals surface area contributed by atoms with Crippen molar-refractivity contribution in [3.8, 4) is 0 Å². The lowest BCUT2D eigenvalue weighted by atomic mass is 9.98. The normalized spacial score (nSPS) is 27.7. The molecule has 2 rings (SSSR count). The van der Waals surface area contributed by atoms with Gasteiger partial charge in [-0.15, -0.1) is 0 Å². The maximum Gasteiger partial charge on any atom is 0.0215 e. The van der Waals surface area contributed by atoms with Gasteiger partial charge in [0.1, 0.15) is 0 Å². The van der Waals surface area contributed by atoms with Crippen molar-refractivity contribution in [2.24, 2.45) is 11.1 Å². The molecule has 1 nitrogen and oxygen atoms in total. The van der Waals surface area contributed by atoms with E-state index in [-0.39, 0.29) is 5.54 Å². The van der Waals surface area contributed by atoms with E-state index in [1.165, 1.54) is 5.56 Å². The highest BCUT2D eigenvalue weighted by molar-refractivity contribution is 9.10. The van der Waals surface area contributed by atoms with Crippen molar-refractivity contribution in [1.29, 1.82) is 0 Å². The molecule has 0 radical (unpaired) electrons. The molecule has 82 valence electrons. The second kappa shape index (κ2) is 3.60. The summed E-state index contributed by atoms with van der Waals surface area (Å²) in [6.07, 6.45) is 3.35. The second-order valence-corrected chi connectivity index (χ2v) is 6.26. The largest absolute Gasteiger partial charge is 0.325 e. The van der Waals surface area contributed by atoms with Crippen LogP contribution in [0.25, 0.3) is 0 Å². The van der Waals surface area contributed by atoms with E-state index in [2.05, 4.69) is 54.0 Å². The average molecular weight is 268 g/mol. The van der Waals surface area contributed by atoms with Gasteiger partial charge in [-0.05, 0) is 42.4 Å². The molecule has 1 saturated carbocycles. The Labute approximate surface area is 100 Å². The van der Waals surface area contributed by atoms with Crippen LogP contribution in [0.1, 0.15) is 32.3 Å². The SMILES string of the molecule is CC1(C)CC1(N)CCc1ccc(Br)cc1. The van der Waals surface area contributed by atoms with Crippen LogP contribution in [-0.4, -0.2) is 5.54 Å². The van der Waals surface area contributed by atoms with Gasteiger partial charge in [0.2, 0.25) is 0 Å². The molecule has 1 aromatic carbocycles. The Morgan fingerprint density at radius 1 is 1.27 bits per heavy atom. The maximum atomic E-state index is 6.29. The molecule has 15 heavy (non-hydrogen) atoms. The first kappa shape index (κ1) is 11.2. The molecule has 1 aliphatic rings. The van der Waals surface area contributed by atoms with E-state index in [0.29, 0.717) is 5.41 Å². The molecule has 1 unspecified atom stereocenters. The lowest BCUT2D eigenvalue weighted by Crippen LogP contribution is -2.28. The predicted octanol–water partition coefficient (Wildman–Crippen LogP) is 3.51. The van der Waals surface area contributed by atoms with Crippen LogP contribution in [0.3, 0.4) is 0 Å². The summed E-state index contributed by atoms with van der Waals surface area (Å²) in [5, 5.41) is 0. The summed E-state index contributed by atoms with van der Waals surface area (Å²) in [7, 11) is 0. The van der Waals surface area contributed by atoms with Crippen LogP contribution in [0.4, 0.5) is 0 Å². The fourth-order valence-electron chi connectivity index (χ4n) is 2.19. The highest BCUT2D eigenvalue weighted by atomic mass is 79.9. The van der Waals surface area contributed by atoms with Crippen LogP contribution in [0.2, 0.25) is 0 Å². The smallest absolute Gasteiger partial charge is 0.0215 e. The molecule has 0 spiro atoms. The average Bonchev–Trinajstić information content (AvgIpc) is 2.66. The van der Waals surface area contributed by atoms with Crippen molar-refractivity contribution >= 4 is 15.9 Å². The second-order valence-electron chi connectivity index (χ2n) is 5.34. The third kappa shape index (κ3) is 2.26. The van der Waals surface area contributed by atoms with Gasteiger partial charge in [0.05, 0.1) is 0 Å². The van der Waals surface area contributed by atoms with Crippen LogP contribution in [0.5, 0.6) is 0 Å². The van der Waals surface area contributed by atoms with Crippen molar-refractivity contribution in [3.63, 3.8) is 0 Å². The standard InChI is InChI=1S/C13H18BrN/c1-12(2)9-13(12,15)8-7-10-3-5-11(14)6-4-10/h3-6H,7-9,15H2,1-2H3. The van der Waals surface area contributed by atoms with E-state index in [4.69, 9.17) is 5.73 Å². The highest BCUT2D eigenvalue weighted by Crippen LogP contribution is 2.55. The Bertz CT molecular complexity index is 355. The van der Waals surface area contributed by atoms with E-state index < -0.39 is 0 Å². The minimum absolute atomic E-state index is 0.0834. The van der Waals surface area contributed by atoms with E-state index in [9.17, 15) is 0 Å². The molecule has 2 heteroatoms. The monoisotopic (exact) mass is 267 g/mol. The molecule has 1 aromatic rings. The van der Waals surface area contributed by atoms with Crippen LogP contribution in [-0.2, 0) is 6.42 Å². The number of benzene rings is 1. The first-order chi connectivity index (χ1) is 6.93. The van der Waals surface area contributed by atoms with Crippen molar-refractivity contribution in [1.82, 2.24) is 0 Å². The lowest BCUT2D eigenvalue weighted by molar-refractivity contribution is 0.464. The summed E-state index contributed by atoms with van der Waals surface area (Å²) in [6.45, 7) is 4.52.